The Bertz CT molecular complexity index is 1180. The Balaban J connectivity index is 1.86. The molecule has 2 aromatic heterocycles. The van der Waals surface area contributed by atoms with Gasteiger partial charge in [-0.2, -0.15) is 0 Å². The molecule has 5 heteroatoms. The highest BCUT2D eigenvalue weighted by atomic mass is 35.5. The summed E-state index contributed by atoms with van der Waals surface area (Å²) in [7, 11) is 0. The van der Waals surface area contributed by atoms with E-state index in [0.29, 0.717) is 17.0 Å². The van der Waals surface area contributed by atoms with Crippen molar-refractivity contribution in [1.82, 2.24) is 9.55 Å². The molecule has 0 bridgehead atoms. The van der Waals surface area contributed by atoms with Crippen LogP contribution in [0.2, 0.25) is 5.02 Å². The van der Waals surface area contributed by atoms with E-state index in [9.17, 15) is 4.79 Å². The minimum absolute atomic E-state index is 0.0220. The van der Waals surface area contributed by atoms with E-state index in [2.05, 4.69) is 37.0 Å². The molecule has 2 aromatic carbocycles. The molecule has 0 aliphatic carbocycles. The molecule has 0 aliphatic rings. The zero-order valence-corrected chi connectivity index (χ0v) is 16.1. The van der Waals surface area contributed by atoms with Crippen LogP contribution in [0.5, 0.6) is 0 Å². The molecule has 4 rings (SSSR count). The molecule has 130 valence electrons. The molecule has 4 aromatic rings. The molecule has 0 saturated carbocycles. The average molecular weight is 381 g/mol. The number of benzene rings is 2. The first-order valence-corrected chi connectivity index (χ1v) is 9.57. The number of fused-ring (bicyclic) bond motifs is 1. The fourth-order valence-electron chi connectivity index (χ4n) is 3.23. The van der Waals surface area contributed by atoms with Crippen molar-refractivity contribution < 1.29 is 0 Å². The van der Waals surface area contributed by atoms with Crippen molar-refractivity contribution in [1.29, 1.82) is 0 Å². The van der Waals surface area contributed by atoms with Crippen LogP contribution < -0.4 is 5.56 Å². The van der Waals surface area contributed by atoms with Crippen molar-refractivity contribution in [3.05, 3.63) is 86.2 Å². The van der Waals surface area contributed by atoms with Crippen LogP contribution in [-0.4, -0.2) is 9.55 Å². The van der Waals surface area contributed by atoms with Gasteiger partial charge in [0.15, 0.2) is 0 Å². The number of aromatic nitrogens is 2. The van der Waals surface area contributed by atoms with Gasteiger partial charge in [-0.05, 0) is 42.7 Å². The minimum Gasteiger partial charge on any atom is -0.294 e. The summed E-state index contributed by atoms with van der Waals surface area (Å²) < 4.78 is 1.65. The highest BCUT2D eigenvalue weighted by Gasteiger charge is 2.15. The molecular weight excluding hydrogens is 364 g/mol. The standard InChI is InChI=1S/C21H17ClN2OS/c1-13-6-7-17(14(2)8-13)18-11-26-20-19(18)21(25)24(12-23-20)10-15-4-3-5-16(22)9-15/h3-9,11-12H,10H2,1-2H3. The van der Waals surface area contributed by atoms with Gasteiger partial charge in [0.25, 0.3) is 5.56 Å². The molecule has 0 saturated heterocycles. The molecule has 0 amide bonds. The average Bonchev–Trinajstić information content (AvgIpc) is 3.02. The second-order valence-corrected chi connectivity index (χ2v) is 7.75. The van der Waals surface area contributed by atoms with Crippen LogP contribution >= 0.6 is 22.9 Å². The normalized spacial score (nSPS) is 11.2. The lowest BCUT2D eigenvalue weighted by atomic mass is 9.99. The van der Waals surface area contributed by atoms with Gasteiger partial charge in [0.1, 0.15) is 4.83 Å². The van der Waals surface area contributed by atoms with Crippen LogP contribution in [-0.2, 0) is 6.54 Å². The van der Waals surface area contributed by atoms with Crippen LogP contribution in [0, 0.1) is 13.8 Å². The molecule has 0 unspecified atom stereocenters. The predicted octanol–water partition coefficient (Wildman–Crippen LogP) is 5.44. The van der Waals surface area contributed by atoms with Gasteiger partial charge >= 0.3 is 0 Å². The lowest BCUT2D eigenvalue weighted by molar-refractivity contribution is 0.749. The van der Waals surface area contributed by atoms with Crippen molar-refractivity contribution in [3.8, 4) is 11.1 Å². The number of hydrogen-bond acceptors (Lipinski definition) is 3. The van der Waals surface area contributed by atoms with Crippen LogP contribution in [0.4, 0.5) is 0 Å². The largest absolute Gasteiger partial charge is 0.294 e. The minimum atomic E-state index is -0.0220. The van der Waals surface area contributed by atoms with Gasteiger partial charge in [0.2, 0.25) is 0 Å². The zero-order chi connectivity index (χ0) is 18.3. The topological polar surface area (TPSA) is 34.9 Å². The lowest BCUT2D eigenvalue weighted by Crippen LogP contribution is -2.21. The van der Waals surface area contributed by atoms with Gasteiger partial charge in [-0.3, -0.25) is 9.36 Å². The van der Waals surface area contributed by atoms with E-state index in [1.54, 1.807) is 10.9 Å². The number of halogens is 1. The van der Waals surface area contributed by atoms with Crippen molar-refractivity contribution in [2.45, 2.75) is 20.4 Å². The second-order valence-electron chi connectivity index (χ2n) is 6.46. The Morgan fingerprint density at radius 3 is 2.73 bits per heavy atom. The fourth-order valence-corrected chi connectivity index (χ4v) is 4.34. The summed E-state index contributed by atoms with van der Waals surface area (Å²) in [5.74, 6) is 0. The van der Waals surface area contributed by atoms with Crippen LogP contribution in [0.3, 0.4) is 0 Å². The number of nitrogens with zero attached hydrogens (tertiary/aromatic N) is 2. The summed E-state index contributed by atoms with van der Waals surface area (Å²) in [6.07, 6.45) is 1.62. The maximum Gasteiger partial charge on any atom is 0.263 e. The maximum absolute atomic E-state index is 13.1. The molecule has 0 fully saturated rings. The summed E-state index contributed by atoms with van der Waals surface area (Å²) >= 11 is 7.57. The van der Waals surface area contributed by atoms with Gasteiger partial charge in [0, 0.05) is 16.0 Å². The fraction of sp³-hybridized carbons (Fsp3) is 0.143. The molecule has 3 nitrogen and oxygen atoms in total. The predicted molar refractivity (Wildman–Crippen MR) is 109 cm³/mol. The zero-order valence-electron chi connectivity index (χ0n) is 14.5. The Labute approximate surface area is 160 Å². The summed E-state index contributed by atoms with van der Waals surface area (Å²) in [5, 5.41) is 3.38. The number of hydrogen-bond donors (Lipinski definition) is 0. The monoisotopic (exact) mass is 380 g/mol. The van der Waals surface area contributed by atoms with E-state index in [1.165, 1.54) is 16.9 Å². The summed E-state index contributed by atoms with van der Waals surface area (Å²) in [5.41, 5.74) is 5.37. The second kappa shape index (κ2) is 6.71. The van der Waals surface area contributed by atoms with E-state index < -0.39 is 0 Å². The molecule has 0 aliphatic heterocycles. The van der Waals surface area contributed by atoms with Crippen LogP contribution in [0.15, 0.2) is 59.0 Å². The molecule has 0 N–H and O–H groups in total. The number of thiophene rings is 1. The molecular formula is C21H17ClN2OS. The van der Waals surface area contributed by atoms with Crippen molar-refractivity contribution in [2.24, 2.45) is 0 Å². The third kappa shape index (κ3) is 3.06. The highest BCUT2D eigenvalue weighted by molar-refractivity contribution is 7.17. The van der Waals surface area contributed by atoms with Gasteiger partial charge in [-0.15, -0.1) is 11.3 Å². The van der Waals surface area contributed by atoms with Crippen LogP contribution in [0.25, 0.3) is 21.3 Å². The Morgan fingerprint density at radius 1 is 1.12 bits per heavy atom. The Morgan fingerprint density at radius 2 is 1.96 bits per heavy atom. The third-order valence-corrected chi connectivity index (χ3v) is 5.60. The van der Waals surface area contributed by atoms with Crippen molar-refractivity contribution in [2.75, 3.05) is 0 Å². The Kier molecular flexibility index (Phi) is 4.39. The van der Waals surface area contributed by atoms with Gasteiger partial charge < -0.3 is 0 Å². The summed E-state index contributed by atoms with van der Waals surface area (Å²) in [4.78, 5) is 18.4. The molecule has 0 spiro atoms. The molecule has 0 atom stereocenters. The molecule has 26 heavy (non-hydrogen) atoms. The number of rotatable bonds is 3. The molecule has 0 radical (unpaired) electrons. The summed E-state index contributed by atoms with van der Waals surface area (Å²) in [6, 6.07) is 13.8. The van der Waals surface area contributed by atoms with Crippen molar-refractivity contribution in [3.63, 3.8) is 0 Å². The first-order chi connectivity index (χ1) is 12.5. The van der Waals surface area contributed by atoms with Gasteiger partial charge in [0.05, 0.1) is 18.3 Å². The highest BCUT2D eigenvalue weighted by Crippen LogP contribution is 2.33. The summed E-state index contributed by atoms with van der Waals surface area (Å²) in [6.45, 7) is 4.60. The van der Waals surface area contributed by atoms with E-state index in [4.69, 9.17) is 11.6 Å². The number of aryl methyl sites for hydroxylation is 2. The van der Waals surface area contributed by atoms with E-state index >= 15 is 0 Å². The van der Waals surface area contributed by atoms with Crippen LogP contribution in [0.1, 0.15) is 16.7 Å². The van der Waals surface area contributed by atoms with E-state index in [-0.39, 0.29) is 5.56 Å². The Hall–Kier alpha value is -2.43. The van der Waals surface area contributed by atoms with Crippen molar-refractivity contribution >= 4 is 33.2 Å². The quantitative estimate of drug-likeness (QED) is 0.474. The smallest absolute Gasteiger partial charge is 0.263 e. The SMILES string of the molecule is Cc1ccc(-c2csc3ncn(Cc4cccc(Cl)c4)c(=O)c23)c(C)c1. The van der Waals surface area contributed by atoms with E-state index in [1.807, 2.05) is 29.6 Å². The molecule has 2 heterocycles. The first-order valence-electron chi connectivity index (χ1n) is 8.31. The van der Waals surface area contributed by atoms with Gasteiger partial charge in [-0.1, -0.05) is 47.5 Å². The lowest BCUT2D eigenvalue weighted by Gasteiger charge is -2.08. The maximum atomic E-state index is 13.1. The first kappa shape index (κ1) is 17.0. The van der Waals surface area contributed by atoms with Gasteiger partial charge in [-0.25, -0.2) is 4.98 Å². The third-order valence-electron chi connectivity index (χ3n) is 4.47. The van der Waals surface area contributed by atoms with E-state index in [0.717, 1.165) is 27.1 Å².